The fourth-order valence-electron chi connectivity index (χ4n) is 6.20. The van der Waals surface area contributed by atoms with Gasteiger partial charge in [-0.15, -0.1) is 0 Å². The standard InChI is InChI=1S/C40H47NO4Si2/c1-39(2,3)46(7,8)41-36(38(43)44-29-31-18-12-9-13-19-31)35(37(41)42)28-30-24-26-32(27-25-30)45-47(40(4,5)6,33-20-14-10-15-21-33)34-22-16-11-17-23-34/h9-28,36H,29H2,1-8H3/b35-28+. The van der Waals surface area contributed by atoms with Gasteiger partial charge in [0.05, 0.1) is 0 Å². The van der Waals surface area contributed by atoms with E-state index in [4.69, 9.17) is 9.16 Å². The smallest absolute Gasteiger partial charge is 0.333 e. The summed E-state index contributed by atoms with van der Waals surface area (Å²) in [5.74, 6) is 0.283. The number of esters is 1. The zero-order valence-corrected chi connectivity index (χ0v) is 30.9. The SMILES string of the molecule is CC(C)(C)[Si](Oc1ccc(/C=C2/C(=O)N([Si](C)(C)C(C)(C)C)C2C(=O)OCc2ccccc2)cc1)(c1ccccc1)c1ccccc1. The number of β-lactam (4-membered cyclic amide) rings is 1. The molecule has 1 unspecified atom stereocenters. The van der Waals surface area contributed by atoms with Gasteiger partial charge >= 0.3 is 14.3 Å². The van der Waals surface area contributed by atoms with E-state index in [0.717, 1.165) is 16.9 Å². The van der Waals surface area contributed by atoms with Crippen LogP contribution in [0.5, 0.6) is 5.75 Å². The fourth-order valence-corrected chi connectivity index (χ4v) is 12.9. The van der Waals surface area contributed by atoms with Crippen LogP contribution in [0, 0.1) is 0 Å². The number of hydrogen-bond donors (Lipinski definition) is 0. The number of amides is 1. The van der Waals surface area contributed by atoms with Crippen molar-refractivity contribution in [3.05, 3.63) is 132 Å². The molecule has 5 rings (SSSR count). The third-order valence-corrected chi connectivity index (χ3v) is 20.1. The van der Waals surface area contributed by atoms with Crippen LogP contribution in [-0.2, 0) is 20.9 Å². The lowest BCUT2D eigenvalue weighted by molar-refractivity contribution is -0.156. The summed E-state index contributed by atoms with van der Waals surface area (Å²) in [7, 11) is -5.16. The number of benzene rings is 4. The molecule has 1 atom stereocenters. The van der Waals surface area contributed by atoms with Gasteiger partial charge in [0.1, 0.15) is 12.4 Å². The van der Waals surface area contributed by atoms with Gasteiger partial charge in [0.25, 0.3) is 0 Å². The summed E-state index contributed by atoms with van der Waals surface area (Å²) in [4.78, 5) is 27.4. The third-order valence-electron chi connectivity index (χ3n) is 9.79. The number of carbonyl (C=O) groups excluding carboxylic acids is 2. The number of ether oxygens (including phenoxy) is 1. The summed E-state index contributed by atoms with van der Waals surface area (Å²) in [6.07, 6.45) is 1.84. The summed E-state index contributed by atoms with van der Waals surface area (Å²) in [5.41, 5.74) is 2.21. The Balaban J connectivity index is 1.47. The van der Waals surface area contributed by atoms with Crippen molar-refractivity contribution in [3.8, 4) is 5.75 Å². The van der Waals surface area contributed by atoms with Gasteiger partial charge in [-0.05, 0) is 49.8 Å². The molecule has 5 nitrogen and oxygen atoms in total. The first-order valence-electron chi connectivity index (χ1n) is 16.3. The van der Waals surface area contributed by atoms with E-state index in [9.17, 15) is 9.59 Å². The second-order valence-corrected chi connectivity index (χ2v) is 24.2. The van der Waals surface area contributed by atoms with E-state index in [2.05, 4.69) is 103 Å². The molecule has 0 N–H and O–H groups in total. The first-order valence-corrected chi connectivity index (χ1v) is 21.2. The molecule has 0 saturated carbocycles. The molecule has 47 heavy (non-hydrogen) atoms. The molecule has 1 heterocycles. The van der Waals surface area contributed by atoms with Gasteiger partial charge < -0.3 is 13.7 Å². The van der Waals surface area contributed by atoms with Gasteiger partial charge in [0, 0.05) is 5.57 Å². The zero-order chi connectivity index (χ0) is 34.0. The molecular weight excluding hydrogens is 615 g/mol. The minimum atomic E-state index is -2.79. The maximum absolute atomic E-state index is 13.8. The quantitative estimate of drug-likeness (QED) is 0.0791. The van der Waals surface area contributed by atoms with Crippen LogP contribution in [0.25, 0.3) is 6.08 Å². The van der Waals surface area contributed by atoms with Gasteiger partial charge in [-0.1, -0.05) is 158 Å². The summed E-state index contributed by atoms with van der Waals surface area (Å²) in [5, 5.41) is 2.10. The summed E-state index contributed by atoms with van der Waals surface area (Å²) >= 11 is 0. The maximum Gasteiger partial charge on any atom is 0.333 e. The molecule has 1 aliphatic heterocycles. The van der Waals surface area contributed by atoms with E-state index < -0.39 is 28.6 Å². The van der Waals surface area contributed by atoms with Gasteiger partial charge in [0.15, 0.2) is 14.3 Å². The van der Waals surface area contributed by atoms with Crippen LogP contribution >= 0.6 is 0 Å². The average molecular weight is 662 g/mol. The molecule has 0 aliphatic carbocycles. The first-order chi connectivity index (χ1) is 22.2. The predicted molar refractivity (Wildman–Crippen MR) is 197 cm³/mol. The van der Waals surface area contributed by atoms with E-state index in [1.54, 1.807) is 0 Å². The highest BCUT2D eigenvalue weighted by Gasteiger charge is 2.58. The summed E-state index contributed by atoms with van der Waals surface area (Å²) in [6, 6.07) is 37.9. The Morgan fingerprint density at radius 3 is 1.68 bits per heavy atom. The lowest BCUT2D eigenvalue weighted by Crippen LogP contribution is -2.71. The molecule has 1 fully saturated rings. The van der Waals surface area contributed by atoms with Gasteiger partial charge in [-0.2, -0.15) is 0 Å². The van der Waals surface area contributed by atoms with E-state index in [1.165, 1.54) is 10.4 Å². The Morgan fingerprint density at radius 2 is 1.21 bits per heavy atom. The minimum Gasteiger partial charge on any atom is -0.534 e. The molecule has 0 bridgehead atoms. The highest BCUT2D eigenvalue weighted by Crippen LogP contribution is 2.45. The fraction of sp³-hybridized carbons (Fsp3) is 0.300. The van der Waals surface area contributed by atoms with Crippen molar-refractivity contribution in [3.63, 3.8) is 0 Å². The van der Waals surface area contributed by atoms with Crippen molar-refractivity contribution in [1.29, 1.82) is 0 Å². The lowest BCUT2D eigenvalue weighted by atomic mass is 9.95. The third kappa shape index (κ3) is 6.65. The zero-order valence-electron chi connectivity index (χ0n) is 28.9. The Hall–Kier alpha value is -4.21. The Bertz CT molecular complexity index is 1680. The van der Waals surface area contributed by atoms with Crippen LogP contribution in [0.3, 0.4) is 0 Å². The van der Waals surface area contributed by atoms with E-state index in [0.29, 0.717) is 5.57 Å². The van der Waals surface area contributed by atoms with Crippen LogP contribution < -0.4 is 14.8 Å². The first kappa shape index (κ1) is 34.1. The van der Waals surface area contributed by atoms with E-state index >= 15 is 0 Å². The molecular formula is C40H47NO4Si2. The van der Waals surface area contributed by atoms with Crippen molar-refractivity contribution in [1.82, 2.24) is 4.57 Å². The topological polar surface area (TPSA) is 55.8 Å². The van der Waals surface area contributed by atoms with Gasteiger partial charge in [-0.3, -0.25) is 4.79 Å². The average Bonchev–Trinajstić information content (AvgIpc) is 3.04. The number of carbonyl (C=O) groups is 2. The summed E-state index contributed by atoms with van der Waals surface area (Å²) in [6.45, 7) is 17.7. The van der Waals surface area contributed by atoms with Crippen LogP contribution in [0.4, 0.5) is 0 Å². The Kier molecular flexibility index (Phi) is 9.53. The van der Waals surface area contributed by atoms with Crippen molar-refractivity contribution in [2.24, 2.45) is 0 Å². The largest absolute Gasteiger partial charge is 0.534 e. The lowest BCUT2D eigenvalue weighted by Gasteiger charge is -2.54. The second-order valence-electron chi connectivity index (χ2n) is 14.9. The summed E-state index contributed by atoms with van der Waals surface area (Å²) < 4.78 is 14.8. The number of hydrogen-bond acceptors (Lipinski definition) is 4. The molecule has 4 aromatic carbocycles. The number of rotatable bonds is 9. The van der Waals surface area contributed by atoms with E-state index in [1.807, 2.05) is 77.4 Å². The van der Waals surface area contributed by atoms with E-state index in [-0.39, 0.29) is 22.6 Å². The predicted octanol–water partition coefficient (Wildman–Crippen LogP) is 7.97. The van der Waals surface area contributed by atoms with Crippen molar-refractivity contribution in [2.75, 3.05) is 0 Å². The van der Waals surface area contributed by atoms with Crippen LogP contribution in [0.1, 0.15) is 52.7 Å². The molecule has 1 amide bonds. The van der Waals surface area contributed by atoms with Crippen molar-refractivity contribution >= 4 is 44.9 Å². The Labute approximate surface area is 282 Å². The minimum absolute atomic E-state index is 0.0918. The molecule has 0 radical (unpaired) electrons. The molecule has 1 saturated heterocycles. The number of nitrogens with zero attached hydrogens (tertiary/aromatic N) is 1. The normalized spacial score (nSPS) is 16.5. The monoisotopic (exact) mass is 661 g/mol. The molecule has 7 heteroatoms. The van der Waals surface area contributed by atoms with Crippen LogP contribution in [0.2, 0.25) is 23.2 Å². The molecule has 0 spiro atoms. The van der Waals surface area contributed by atoms with Crippen LogP contribution in [-0.4, -0.2) is 39.0 Å². The molecule has 0 aromatic heterocycles. The molecule has 244 valence electrons. The second kappa shape index (κ2) is 13.1. The van der Waals surface area contributed by atoms with Gasteiger partial charge in [0.2, 0.25) is 5.91 Å². The van der Waals surface area contributed by atoms with Crippen molar-refractivity contribution in [2.45, 2.75) is 77.4 Å². The van der Waals surface area contributed by atoms with Gasteiger partial charge in [-0.25, -0.2) is 4.79 Å². The highest BCUT2D eigenvalue weighted by molar-refractivity contribution is 7.00. The molecule has 4 aromatic rings. The van der Waals surface area contributed by atoms with Crippen LogP contribution in [0.15, 0.2) is 121 Å². The Morgan fingerprint density at radius 1 is 0.723 bits per heavy atom. The van der Waals surface area contributed by atoms with Crippen molar-refractivity contribution < 1.29 is 18.8 Å². The molecule has 1 aliphatic rings. The maximum atomic E-state index is 13.8. The highest BCUT2D eigenvalue weighted by atomic mass is 28.4.